The molecule has 1 saturated heterocycles. The molecule has 0 amide bonds. The Morgan fingerprint density at radius 3 is 1.83 bits per heavy atom. The van der Waals surface area contributed by atoms with Crippen LogP contribution < -0.4 is 0 Å². The minimum absolute atomic E-state index is 0.211. The van der Waals surface area contributed by atoms with Crippen molar-refractivity contribution in [3.63, 3.8) is 0 Å². The lowest BCUT2D eigenvalue weighted by Crippen LogP contribution is -2.44. The molecule has 29 heavy (non-hydrogen) atoms. The second kappa shape index (κ2) is 9.86. The number of carbonyl (C=O) groups is 2. The number of nitrogens with zero attached hydrogens (tertiary/aromatic N) is 4. The van der Waals surface area contributed by atoms with Gasteiger partial charge in [0.15, 0.2) is 5.82 Å². The first-order valence-corrected chi connectivity index (χ1v) is 9.65. The molecule has 1 aromatic carbocycles. The molecule has 8 heteroatoms. The third kappa shape index (κ3) is 5.66. The molecule has 1 saturated carbocycles. The van der Waals surface area contributed by atoms with E-state index < -0.39 is 17.7 Å². The van der Waals surface area contributed by atoms with E-state index in [1.54, 1.807) is 6.92 Å². The molecule has 2 aromatic rings. The van der Waals surface area contributed by atoms with Crippen molar-refractivity contribution in [2.24, 2.45) is 0 Å². The molecule has 0 bridgehead atoms. The van der Waals surface area contributed by atoms with E-state index in [2.05, 4.69) is 27.0 Å². The van der Waals surface area contributed by atoms with E-state index in [9.17, 15) is 9.59 Å². The number of hydrogen-bond acceptors (Lipinski definition) is 8. The van der Waals surface area contributed by atoms with Gasteiger partial charge in [0, 0.05) is 18.4 Å². The Kier molecular flexibility index (Phi) is 7.52. The van der Waals surface area contributed by atoms with Crippen molar-refractivity contribution in [2.75, 3.05) is 0 Å². The van der Waals surface area contributed by atoms with Crippen LogP contribution in [0.1, 0.15) is 50.9 Å². The Balaban J connectivity index is 0.000000191. The van der Waals surface area contributed by atoms with Crippen molar-refractivity contribution in [3.8, 4) is 11.4 Å². The Morgan fingerprint density at radius 2 is 1.34 bits per heavy atom. The van der Waals surface area contributed by atoms with Crippen LogP contribution in [0.5, 0.6) is 0 Å². The summed E-state index contributed by atoms with van der Waals surface area (Å²) in [5.41, 5.74) is 1.94. The maximum atomic E-state index is 11.1. The van der Waals surface area contributed by atoms with Gasteiger partial charge in [-0.15, -0.1) is 20.4 Å². The van der Waals surface area contributed by atoms with E-state index in [1.165, 1.54) is 5.56 Å². The number of carbonyl (C=O) groups excluding carboxylic acids is 2. The van der Waals surface area contributed by atoms with Crippen LogP contribution in [0.25, 0.3) is 11.4 Å². The Labute approximate surface area is 170 Å². The topological polar surface area (TPSA) is 104 Å². The summed E-state index contributed by atoms with van der Waals surface area (Å²) in [7, 11) is 0. The summed E-state index contributed by atoms with van der Waals surface area (Å²) < 4.78 is 10.1. The maximum absolute atomic E-state index is 11.1. The van der Waals surface area contributed by atoms with Crippen molar-refractivity contribution in [1.29, 1.82) is 0 Å². The average Bonchev–Trinajstić information content (AvgIpc) is 3.17. The van der Waals surface area contributed by atoms with Gasteiger partial charge in [0.2, 0.25) is 5.82 Å². The number of hydrogen-bond donors (Lipinski definition) is 0. The average molecular weight is 398 g/mol. The van der Waals surface area contributed by atoms with Gasteiger partial charge >= 0.3 is 11.9 Å². The summed E-state index contributed by atoms with van der Waals surface area (Å²) in [6.07, 6.45) is 3.07. The zero-order valence-electron chi connectivity index (χ0n) is 17.3. The Morgan fingerprint density at radius 1 is 0.862 bits per heavy atom. The van der Waals surface area contributed by atoms with Gasteiger partial charge in [0.25, 0.3) is 5.79 Å². The highest BCUT2D eigenvalue weighted by molar-refractivity contribution is 6.14. The molecule has 2 fully saturated rings. The molecule has 4 rings (SSSR count). The molecule has 1 aromatic heterocycles. The SMILES string of the molecule is C=C1C(=O)OC2(CCCC2)OC1=O.CC.Cc1ccc(-c2nnc(C)nn2)cc1. The predicted octanol–water partition coefficient (Wildman–Crippen LogP) is 3.49. The smallest absolute Gasteiger partial charge is 0.348 e. The van der Waals surface area contributed by atoms with E-state index >= 15 is 0 Å². The number of benzene rings is 1. The Hall–Kier alpha value is -3.16. The summed E-state index contributed by atoms with van der Waals surface area (Å²) in [5, 5.41) is 15.6. The second-order valence-electron chi connectivity index (χ2n) is 6.51. The van der Waals surface area contributed by atoms with E-state index in [1.807, 2.05) is 45.0 Å². The van der Waals surface area contributed by atoms with E-state index in [0.29, 0.717) is 24.5 Å². The summed E-state index contributed by atoms with van der Waals surface area (Å²) in [5.74, 6) is -1.09. The van der Waals surface area contributed by atoms with Crippen molar-refractivity contribution < 1.29 is 19.1 Å². The summed E-state index contributed by atoms with van der Waals surface area (Å²) >= 11 is 0. The molecular formula is C21H26N4O4. The van der Waals surface area contributed by atoms with Crippen LogP contribution in [0.4, 0.5) is 0 Å². The zero-order chi connectivity index (χ0) is 21.4. The minimum Gasteiger partial charge on any atom is -0.419 e. The summed E-state index contributed by atoms with van der Waals surface area (Å²) in [6.45, 7) is 11.1. The number of rotatable bonds is 1. The Bertz CT molecular complexity index is 792. The minimum atomic E-state index is -0.963. The largest absolute Gasteiger partial charge is 0.419 e. The van der Waals surface area contributed by atoms with Crippen molar-refractivity contribution in [1.82, 2.24) is 20.4 Å². The van der Waals surface area contributed by atoms with Crippen LogP contribution >= 0.6 is 0 Å². The van der Waals surface area contributed by atoms with Crippen LogP contribution in [0, 0.1) is 13.8 Å². The first-order valence-electron chi connectivity index (χ1n) is 9.65. The lowest BCUT2D eigenvalue weighted by molar-refractivity contribution is -0.232. The van der Waals surface area contributed by atoms with Crippen LogP contribution in [0.3, 0.4) is 0 Å². The van der Waals surface area contributed by atoms with Gasteiger partial charge < -0.3 is 9.47 Å². The first kappa shape index (κ1) is 22.1. The number of aromatic nitrogens is 4. The fourth-order valence-corrected chi connectivity index (χ4v) is 2.78. The first-order chi connectivity index (χ1) is 13.9. The van der Waals surface area contributed by atoms with Crippen LogP contribution in [0.15, 0.2) is 36.4 Å². The summed E-state index contributed by atoms with van der Waals surface area (Å²) in [6, 6.07) is 7.95. The zero-order valence-corrected chi connectivity index (χ0v) is 17.3. The molecular weight excluding hydrogens is 372 g/mol. The molecule has 8 nitrogen and oxygen atoms in total. The molecule has 0 N–H and O–H groups in total. The standard InChI is InChI=1S/C10H10N4.C9H10O4.C2H6/c1-7-3-5-9(6-4-7)10-13-11-8(2)12-14-10;1-6-7(10)12-9(13-8(6)11)4-2-3-5-9;1-2/h3-6H,1-2H3;1-5H2;1-2H3. The lowest BCUT2D eigenvalue weighted by atomic mass is 10.1. The molecule has 1 spiro atoms. The van der Waals surface area contributed by atoms with Gasteiger partial charge in [-0.3, -0.25) is 0 Å². The monoisotopic (exact) mass is 398 g/mol. The number of esters is 2. The number of aryl methyl sites for hydroxylation is 2. The van der Waals surface area contributed by atoms with Crippen molar-refractivity contribution in [2.45, 2.75) is 59.2 Å². The molecule has 0 atom stereocenters. The van der Waals surface area contributed by atoms with Gasteiger partial charge in [0.05, 0.1) is 0 Å². The fourth-order valence-electron chi connectivity index (χ4n) is 2.78. The highest BCUT2D eigenvalue weighted by Gasteiger charge is 2.47. The maximum Gasteiger partial charge on any atom is 0.348 e. The third-order valence-electron chi connectivity index (χ3n) is 4.30. The second-order valence-corrected chi connectivity index (χ2v) is 6.51. The molecule has 2 aliphatic rings. The van der Waals surface area contributed by atoms with Gasteiger partial charge in [-0.1, -0.05) is 50.3 Å². The van der Waals surface area contributed by atoms with Crippen LogP contribution in [0.2, 0.25) is 0 Å². The van der Waals surface area contributed by atoms with E-state index in [4.69, 9.17) is 9.47 Å². The van der Waals surface area contributed by atoms with Crippen LogP contribution in [-0.2, 0) is 19.1 Å². The fraction of sp³-hybridized carbons (Fsp3) is 0.429. The molecule has 154 valence electrons. The van der Waals surface area contributed by atoms with Gasteiger partial charge in [0.1, 0.15) is 5.57 Å². The van der Waals surface area contributed by atoms with Gasteiger partial charge in [-0.05, 0) is 26.7 Å². The lowest BCUT2D eigenvalue weighted by Gasteiger charge is -2.32. The van der Waals surface area contributed by atoms with Gasteiger partial charge in [-0.25, -0.2) is 9.59 Å². The summed E-state index contributed by atoms with van der Waals surface area (Å²) in [4.78, 5) is 22.3. The van der Waals surface area contributed by atoms with E-state index in [-0.39, 0.29) is 5.57 Å². The molecule has 2 heterocycles. The van der Waals surface area contributed by atoms with E-state index in [0.717, 1.165) is 18.4 Å². The quantitative estimate of drug-likeness (QED) is 0.408. The van der Waals surface area contributed by atoms with Gasteiger partial charge in [-0.2, -0.15) is 0 Å². The van der Waals surface area contributed by atoms with Crippen molar-refractivity contribution >= 4 is 11.9 Å². The van der Waals surface area contributed by atoms with Crippen LogP contribution in [-0.4, -0.2) is 38.1 Å². The number of ether oxygens (including phenoxy) is 2. The van der Waals surface area contributed by atoms with Crippen molar-refractivity contribution in [3.05, 3.63) is 47.8 Å². The molecule has 0 unspecified atom stereocenters. The molecule has 1 aliphatic carbocycles. The third-order valence-corrected chi connectivity index (χ3v) is 4.30. The normalized spacial score (nSPS) is 16.8. The highest BCUT2D eigenvalue weighted by atomic mass is 16.7. The predicted molar refractivity (Wildman–Crippen MR) is 106 cm³/mol. The highest BCUT2D eigenvalue weighted by Crippen LogP contribution is 2.37. The molecule has 1 aliphatic heterocycles. The molecule has 0 radical (unpaired) electrons.